The maximum Gasteiger partial charge on any atom is 0.264 e. The summed E-state index contributed by atoms with van der Waals surface area (Å²) in [5.74, 6) is 0.264. The molecule has 0 bridgehead atoms. The second kappa shape index (κ2) is 5.58. The Hall–Kier alpha value is -2.54. The number of carbonyl (C=O) groups excluding carboxylic acids is 1. The summed E-state index contributed by atoms with van der Waals surface area (Å²) in [4.78, 5) is 13.1. The Morgan fingerprint density at radius 3 is 2.52 bits per heavy atom. The summed E-state index contributed by atoms with van der Waals surface area (Å²) in [5.41, 5.74) is 1.96. The highest BCUT2D eigenvalue weighted by Crippen LogP contribution is 2.33. The van der Waals surface area contributed by atoms with Crippen LogP contribution in [0.15, 0.2) is 47.4 Å². The standard InChI is InChI=1S/C16H16N2O4S/c1-11-3-5-12(6-4-11)17-23(20,21)13-7-8-15-14(9-13)18(2)16(19)10-22-15/h3-9,17H,10H2,1-2H3. The van der Waals surface area contributed by atoms with Crippen molar-refractivity contribution < 1.29 is 17.9 Å². The topological polar surface area (TPSA) is 75.7 Å². The van der Waals surface area contributed by atoms with Crippen LogP contribution in [0.5, 0.6) is 5.75 Å². The zero-order chi connectivity index (χ0) is 16.6. The van der Waals surface area contributed by atoms with Gasteiger partial charge in [0.15, 0.2) is 6.61 Å². The van der Waals surface area contributed by atoms with Crippen LogP contribution < -0.4 is 14.4 Å². The van der Waals surface area contributed by atoms with Crippen LogP contribution in [0.2, 0.25) is 0 Å². The maximum atomic E-state index is 12.5. The normalized spacial score (nSPS) is 14.2. The second-order valence-corrected chi connectivity index (χ2v) is 7.02. The van der Waals surface area contributed by atoms with Crippen molar-refractivity contribution in [3.05, 3.63) is 48.0 Å². The van der Waals surface area contributed by atoms with E-state index in [0.29, 0.717) is 17.1 Å². The number of hydrogen-bond donors (Lipinski definition) is 1. The van der Waals surface area contributed by atoms with Gasteiger partial charge >= 0.3 is 0 Å². The molecule has 1 amide bonds. The Morgan fingerprint density at radius 1 is 1.13 bits per heavy atom. The third kappa shape index (κ3) is 3.00. The Kier molecular flexibility index (Phi) is 3.73. The van der Waals surface area contributed by atoms with Crippen LogP contribution in [-0.4, -0.2) is 28.0 Å². The number of anilines is 2. The lowest BCUT2D eigenvalue weighted by Crippen LogP contribution is -2.35. The van der Waals surface area contributed by atoms with E-state index in [-0.39, 0.29) is 17.4 Å². The van der Waals surface area contributed by atoms with Crippen molar-refractivity contribution in [3.8, 4) is 5.75 Å². The quantitative estimate of drug-likeness (QED) is 0.934. The van der Waals surface area contributed by atoms with Crippen molar-refractivity contribution in [2.75, 3.05) is 23.3 Å². The molecule has 0 aliphatic carbocycles. The van der Waals surface area contributed by atoms with Gasteiger partial charge in [0.1, 0.15) is 5.75 Å². The molecule has 1 heterocycles. The maximum absolute atomic E-state index is 12.5. The highest BCUT2D eigenvalue weighted by Gasteiger charge is 2.25. The third-order valence-electron chi connectivity index (χ3n) is 3.63. The van der Waals surface area contributed by atoms with Gasteiger partial charge in [-0.15, -0.1) is 0 Å². The molecule has 2 aromatic rings. The molecule has 1 aliphatic rings. The summed E-state index contributed by atoms with van der Waals surface area (Å²) >= 11 is 0. The number of amides is 1. The Balaban J connectivity index is 1.94. The summed E-state index contributed by atoms with van der Waals surface area (Å²) in [7, 11) is -2.15. The molecule has 0 radical (unpaired) electrons. The minimum atomic E-state index is -3.74. The number of ether oxygens (including phenoxy) is 1. The first kappa shape index (κ1) is 15.4. The molecular formula is C16H16N2O4S. The minimum Gasteiger partial charge on any atom is -0.482 e. The summed E-state index contributed by atoms with van der Waals surface area (Å²) in [6.07, 6.45) is 0. The Bertz CT molecular complexity index is 860. The summed E-state index contributed by atoms with van der Waals surface area (Å²) < 4.78 is 32.8. The van der Waals surface area contributed by atoms with Crippen LogP contribution >= 0.6 is 0 Å². The molecule has 3 rings (SSSR count). The van der Waals surface area contributed by atoms with Gasteiger partial charge in [-0.2, -0.15) is 0 Å². The van der Waals surface area contributed by atoms with Crippen molar-refractivity contribution in [1.29, 1.82) is 0 Å². The van der Waals surface area contributed by atoms with Gasteiger partial charge in [-0.05, 0) is 37.3 Å². The molecule has 0 saturated carbocycles. The molecule has 0 saturated heterocycles. The van der Waals surface area contributed by atoms with Gasteiger partial charge in [-0.3, -0.25) is 9.52 Å². The molecule has 120 valence electrons. The SMILES string of the molecule is Cc1ccc(NS(=O)(=O)c2ccc3c(c2)N(C)C(=O)CO3)cc1. The molecule has 0 atom stereocenters. The fourth-order valence-corrected chi connectivity index (χ4v) is 3.33. The number of rotatable bonds is 3. The lowest BCUT2D eigenvalue weighted by atomic mass is 10.2. The highest BCUT2D eigenvalue weighted by molar-refractivity contribution is 7.92. The number of aryl methyl sites for hydroxylation is 1. The van der Waals surface area contributed by atoms with Crippen LogP contribution in [0, 0.1) is 6.92 Å². The molecule has 1 aliphatic heterocycles. The fourth-order valence-electron chi connectivity index (χ4n) is 2.25. The van der Waals surface area contributed by atoms with Crippen molar-refractivity contribution in [3.63, 3.8) is 0 Å². The van der Waals surface area contributed by atoms with Gasteiger partial charge in [-0.25, -0.2) is 8.42 Å². The molecule has 0 unspecified atom stereocenters. The molecule has 0 aromatic heterocycles. The first-order chi connectivity index (χ1) is 10.9. The number of hydrogen-bond acceptors (Lipinski definition) is 4. The molecule has 0 fully saturated rings. The van der Waals surface area contributed by atoms with Crippen LogP contribution in [0.25, 0.3) is 0 Å². The van der Waals surface area contributed by atoms with Crippen molar-refractivity contribution in [1.82, 2.24) is 0 Å². The molecule has 6 nitrogen and oxygen atoms in total. The number of nitrogens with one attached hydrogen (secondary N) is 1. The van der Waals surface area contributed by atoms with Gasteiger partial charge < -0.3 is 9.64 Å². The van der Waals surface area contributed by atoms with E-state index in [2.05, 4.69) is 4.72 Å². The van der Waals surface area contributed by atoms with Crippen LogP contribution in [0.3, 0.4) is 0 Å². The fraction of sp³-hybridized carbons (Fsp3) is 0.188. The molecule has 23 heavy (non-hydrogen) atoms. The summed E-state index contributed by atoms with van der Waals surface area (Å²) in [6.45, 7) is 1.88. The van der Waals surface area contributed by atoms with Crippen molar-refractivity contribution >= 4 is 27.3 Å². The number of fused-ring (bicyclic) bond motifs is 1. The molecular weight excluding hydrogens is 316 g/mol. The number of nitrogens with zero attached hydrogens (tertiary/aromatic N) is 1. The molecule has 0 spiro atoms. The van der Waals surface area contributed by atoms with Gasteiger partial charge in [-0.1, -0.05) is 17.7 Å². The predicted molar refractivity (Wildman–Crippen MR) is 87.3 cm³/mol. The smallest absolute Gasteiger partial charge is 0.264 e. The van der Waals surface area contributed by atoms with Crippen molar-refractivity contribution in [2.24, 2.45) is 0 Å². The monoisotopic (exact) mass is 332 g/mol. The lowest BCUT2D eigenvalue weighted by Gasteiger charge is -2.26. The summed E-state index contributed by atoms with van der Waals surface area (Å²) in [5, 5.41) is 0. The largest absolute Gasteiger partial charge is 0.482 e. The predicted octanol–water partition coefficient (Wildman–Crippen LogP) is 2.15. The van der Waals surface area contributed by atoms with E-state index in [1.54, 1.807) is 25.2 Å². The van der Waals surface area contributed by atoms with E-state index in [9.17, 15) is 13.2 Å². The Morgan fingerprint density at radius 2 is 1.83 bits per heavy atom. The van der Waals surface area contributed by atoms with E-state index < -0.39 is 10.0 Å². The minimum absolute atomic E-state index is 0.0444. The first-order valence-electron chi connectivity index (χ1n) is 7.00. The lowest BCUT2D eigenvalue weighted by molar-refractivity contribution is -0.120. The van der Waals surface area contributed by atoms with Gasteiger partial charge in [0.25, 0.3) is 15.9 Å². The third-order valence-corrected chi connectivity index (χ3v) is 5.01. The second-order valence-electron chi connectivity index (χ2n) is 5.34. The Labute approximate surface area is 134 Å². The van der Waals surface area contributed by atoms with E-state index in [0.717, 1.165) is 5.56 Å². The molecule has 7 heteroatoms. The van der Waals surface area contributed by atoms with Gasteiger partial charge in [0, 0.05) is 12.7 Å². The number of likely N-dealkylation sites (N-methyl/N-ethyl adjacent to an activating group) is 1. The van der Waals surface area contributed by atoms with Crippen molar-refractivity contribution in [2.45, 2.75) is 11.8 Å². The van der Waals surface area contributed by atoms with Gasteiger partial charge in [0.2, 0.25) is 0 Å². The highest BCUT2D eigenvalue weighted by atomic mass is 32.2. The van der Waals surface area contributed by atoms with Crippen LogP contribution in [0.4, 0.5) is 11.4 Å². The zero-order valence-corrected chi connectivity index (χ0v) is 13.6. The average molecular weight is 332 g/mol. The van der Waals surface area contributed by atoms with E-state index in [1.807, 2.05) is 19.1 Å². The zero-order valence-electron chi connectivity index (χ0n) is 12.7. The number of carbonyl (C=O) groups is 1. The van der Waals surface area contributed by atoms with Crippen LogP contribution in [0.1, 0.15) is 5.56 Å². The molecule has 2 aromatic carbocycles. The van der Waals surface area contributed by atoms with E-state index >= 15 is 0 Å². The number of benzene rings is 2. The van der Waals surface area contributed by atoms with Gasteiger partial charge in [0.05, 0.1) is 10.6 Å². The first-order valence-corrected chi connectivity index (χ1v) is 8.48. The van der Waals surface area contributed by atoms with E-state index in [1.165, 1.54) is 17.0 Å². The number of sulfonamides is 1. The van der Waals surface area contributed by atoms with Crippen LogP contribution in [-0.2, 0) is 14.8 Å². The van der Waals surface area contributed by atoms with E-state index in [4.69, 9.17) is 4.74 Å². The molecule has 1 N–H and O–H groups in total. The summed E-state index contributed by atoms with van der Waals surface area (Å²) in [6, 6.07) is 11.5. The average Bonchev–Trinajstić information content (AvgIpc) is 2.53.